The molecule has 7 heteroatoms. The van der Waals surface area contributed by atoms with Gasteiger partial charge in [0, 0.05) is 20.0 Å². The Morgan fingerprint density at radius 2 is 2.18 bits per heavy atom. The minimum absolute atomic E-state index is 0.602. The fraction of sp³-hybridized carbons (Fsp3) is 0.533. The van der Waals surface area contributed by atoms with Gasteiger partial charge in [-0.25, -0.2) is 0 Å². The van der Waals surface area contributed by atoms with Crippen molar-refractivity contribution < 1.29 is 4.42 Å². The van der Waals surface area contributed by atoms with Crippen molar-refractivity contribution in [2.24, 2.45) is 4.99 Å². The van der Waals surface area contributed by atoms with Gasteiger partial charge in [-0.15, -0.1) is 10.2 Å². The fourth-order valence-electron chi connectivity index (χ4n) is 2.64. The molecule has 3 heterocycles. The van der Waals surface area contributed by atoms with E-state index in [-0.39, 0.29) is 0 Å². The largest absolute Gasteiger partial charge is 0.467 e. The predicted octanol–water partition coefficient (Wildman–Crippen LogP) is 1.46. The first-order chi connectivity index (χ1) is 10.9. The molecule has 0 aliphatic carbocycles. The van der Waals surface area contributed by atoms with E-state index in [1.54, 1.807) is 13.3 Å². The highest BCUT2D eigenvalue weighted by molar-refractivity contribution is 5.79. The first-order valence-electron chi connectivity index (χ1n) is 7.74. The molecule has 7 nitrogen and oxygen atoms in total. The zero-order valence-electron chi connectivity index (χ0n) is 12.9. The molecule has 0 saturated heterocycles. The molecule has 118 valence electrons. The highest BCUT2D eigenvalue weighted by Crippen LogP contribution is 2.14. The van der Waals surface area contributed by atoms with Crippen LogP contribution < -0.4 is 10.6 Å². The zero-order valence-corrected chi connectivity index (χ0v) is 12.9. The summed E-state index contributed by atoms with van der Waals surface area (Å²) >= 11 is 0. The van der Waals surface area contributed by atoms with E-state index in [0.29, 0.717) is 13.1 Å². The Bertz CT molecular complexity index is 616. The first-order valence-corrected chi connectivity index (χ1v) is 7.74. The number of fused-ring (bicyclic) bond motifs is 1. The van der Waals surface area contributed by atoms with Crippen LogP contribution in [-0.2, 0) is 26.1 Å². The van der Waals surface area contributed by atoms with Gasteiger partial charge in [-0.1, -0.05) is 6.42 Å². The highest BCUT2D eigenvalue weighted by Gasteiger charge is 2.14. The third-order valence-electron chi connectivity index (χ3n) is 3.83. The maximum absolute atomic E-state index is 5.30. The van der Waals surface area contributed by atoms with Crippen LogP contribution in [0.2, 0.25) is 0 Å². The van der Waals surface area contributed by atoms with Crippen molar-refractivity contribution in [3.63, 3.8) is 0 Å². The normalized spacial score (nSPS) is 15.2. The Morgan fingerprint density at radius 1 is 1.27 bits per heavy atom. The molecule has 0 atom stereocenters. The van der Waals surface area contributed by atoms with Gasteiger partial charge in [0.05, 0.1) is 19.4 Å². The van der Waals surface area contributed by atoms with Crippen LogP contribution in [0.4, 0.5) is 0 Å². The van der Waals surface area contributed by atoms with Crippen LogP contribution in [0, 0.1) is 0 Å². The summed E-state index contributed by atoms with van der Waals surface area (Å²) in [6.07, 6.45) is 6.36. The van der Waals surface area contributed by atoms with E-state index in [1.165, 1.54) is 19.3 Å². The second-order valence-electron chi connectivity index (χ2n) is 5.35. The third kappa shape index (κ3) is 3.47. The average molecular weight is 302 g/mol. The molecule has 2 N–H and O–H groups in total. The number of nitrogens with zero attached hydrogens (tertiary/aromatic N) is 4. The summed E-state index contributed by atoms with van der Waals surface area (Å²) in [6, 6.07) is 3.80. The topological polar surface area (TPSA) is 80.3 Å². The standard InChI is InChI=1S/C15H22N6O/c1-16-15(17-10-12-6-5-9-22-12)18-11-14-20-19-13-7-3-2-4-8-21(13)14/h5-6,9H,2-4,7-8,10-11H2,1H3,(H2,16,17,18). The predicted molar refractivity (Wildman–Crippen MR) is 83.3 cm³/mol. The van der Waals surface area contributed by atoms with Gasteiger partial charge in [0.15, 0.2) is 11.8 Å². The molecule has 0 amide bonds. The van der Waals surface area contributed by atoms with E-state index in [1.807, 2.05) is 12.1 Å². The summed E-state index contributed by atoms with van der Waals surface area (Å²) in [6.45, 7) is 2.23. The van der Waals surface area contributed by atoms with E-state index in [9.17, 15) is 0 Å². The van der Waals surface area contributed by atoms with Gasteiger partial charge in [0.2, 0.25) is 0 Å². The smallest absolute Gasteiger partial charge is 0.191 e. The molecule has 0 unspecified atom stereocenters. The molecule has 2 aromatic rings. The lowest BCUT2D eigenvalue weighted by atomic mass is 10.2. The third-order valence-corrected chi connectivity index (χ3v) is 3.83. The van der Waals surface area contributed by atoms with E-state index in [4.69, 9.17) is 4.42 Å². The van der Waals surface area contributed by atoms with Crippen molar-refractivity contribution in [3.8, 4) is 0 Å². The summed E-state index contributed by atoms with van der Waals surface area (Å²) in [5.74, 6) is 3.67. The van der Waals surface area contributed by atoms with Crippen LogP contribution in [-0.4, -0.2) is 27.8 Å². The van der Waals surface area contributed by atoms with Gasteiger partial charge >= 0.3 is 0 Å². The lowest BCUT2D eigenvalue weighted by Gasteiger charge is -2.12. The number of hydrogen-bond acceptors (Lipinski definition) is 4. The van der Waals surface area contributed by atoms with E-state index >= 15 is 0 Å². The first kappa shape index (κ1) is 14.6. The molecule has 0 radical (unpaired) electrons. The molecular weight excluding hydrogens is 280 g/mol. The van der Waals surface area contributed by atoms with Crippen molar-refractivity contribution in [3.05, 3.63) is 35.8 Å². The fourth-order valence-corrected chi connectivity index (χ4v) is 2.64. The maximum atomic E-state index is 5.30. The number of hydrogen-bond donors (Lipinski definition) is 2. The Balaban J connectivity index is 1.55. The molecule has 0 saturated carbocycles. The molecule has 3 rings (SSSR count). The van der Waals surface area contributed by atoms with Crippen molar-refractivity contribution in [2.45, 2.75) is 45.3 Å². The number of aliphatic imine (C=N–C) groups is 1. The van der Waals surface area contributed by atoms with Crippen LogP contribution in [0.3, 0.4) is 0 Å². The van der Waals surface area contributed by atoms with Crippen molar-refractivity contribution in [1.29, 1.82) is 0 Å². The summed E-state index contributed by atoms with van der Waals surface area (Å²) in [5, 5.41) is 15.1. The molecular formula is C15H22N6O. The van der Waals surface area contributed by atoms with Crippen molar-refractivity contribution >= 4 is 5.96 Å². The number of nitrogens with one attached hydrogen (secondary N) is 2. The summed E-state index contributed by atoms with van der Waals surface area (Å²) in [5.41, 5.74) is 0. The van der Waals surface area contributed by atoms with Crippen LogP contribution in [0.15, 0.2) is 27.8 Å². The lowest BCUT2D eigenvalue weighted by Crippen LogP contribution is -2.37. The quantitative estimate of drug-likeness (QED) is 0.660. The van der Waals surface area contributed by atoms with Gasteiger partial charge in [0.1, 0.15) is 11.6 Å². The van der Waals surface area contributed by atoms with Crippen molar-refractivity contribution in [2.75, 3.05) is 7.05 Å². The second kappa shape index (κ2) is 7.11. The molecule has 1 aliphatic rings. The SMILES string of the molecule is CN=C(NCc1ccco1)NCc1nnc2n1CCCCC2. The molecule has 2 aromatic heterocycles. The number of aromatic nitrogens is 3. The number of rotatable bonds is 4. The van der Waals surface area contributed by atoms with Crippen LogP contribution in [0.1, 0.15) is 36.7 Å². The Morgan fingerprint density at radius 3 is 3.00 bits per heavy atom. The summed E-state index contributed by atoms with van der Waals surface area (Å²) < 4.78 is 7.53. The summed E-state index contributed by atoms with van der Waals surface area (Å²) in [7, 11) is 1.75. The Labute approximate surface area is 129 Å². The van der Waals surface area contributed by atoms with Crippen molar-refractivity contribution in [1.82, 2.24) is 25.4 Å². The van der Waals surface area contributed by atoms with Gasteiger partial charge in [0.25, 0.3) is 0 Å². The minimum atomic E-state index is 0.602. The van der Waals surface area contributed by atoms with Gasteiger partial charge < -0.3 is 19.6 Å². The number of furan rings is 1. The molecule has 0 aromatic carbocycles. The molecule has 22 heavy (non-hydrogen) atoms. The second-order valence-corrected chi connectivity index (χ2v) is 5.35. The Hall–Kier alpha value is -2.31. The minimum Gasteiger partial charge on any atom is -0.467 e. The summed E-state index contributed by atoms with van der Waals surface area (Å²) in [4.78, 5) is 4.21. The van der Waals surface area contributed by atoms with E-state index in [0.717, 1.165) is 36.3 Å². The molecule has 1 aliphatic heterocycles. The molecule has 0 bridgehead atoms. The molecule has 0 fully saturated rings. The van der Waals surface area contributed by atoms with Crippen LogP contribution >= 0.6 is 0 Å². The van der Waals surface area contributed by atoms with Crippen LogP contribution in [0.5, 0.6) is 0 Å². The maximum Gasteiger partial charge on any atom is 0.191 e. The Kier molecular flexibility index (Phi) is 4.72. The number of aryl methyl sites for hydroxylation is 1. The average Bonchev–Trinajstić information content (AvgIpc) is 3.13. The van der Waals surface area contributed by atoms with E-state index < -0.39 is 0 Å². The van der Waals surface area contributed by atoms with Gasteiger partial charge in [-0.2, -0.15) is 0 Å². The zero-order chi connectivity index (χ0) is 15.2. The van der Waals surface area contributed by atoms with Gasteiger partial charge in [-0.3, -0.25) is 4.99 Å². The van der Waals surface area contributed by atoms with Crippen LogP contribution in [0.25, 0.3) is 0 Å². The van der Waals surface area contributed by atoms with Gasteiger partial charge in [-0.05, 0) is 25.0 Å². The number of guanidine groups is 1. The highest BCUT2D eigenvalue weighted by atomic mass is 16.3. The monoisotopic (exact) mass is 302 g/mol. The molecule has 0 spiro atoms. The lowest BCUT2D eigenvalue weighted by molar-refractivity contribution is 0.501. The van der Waals surface area contributed by atoms with E-state index in [2.05, 4.69) is 30.4 Å².